The van der Waals surface area contributed by atoms with Crippen LogP contribution < -0.4 is 5.73 Å². The normalized spacial score (nSPS) is 11.9. The van der Waals surface area contributed by atoms with Gasteiger partial charge in [0.15, 0.2) is 0 Å². The molecule has 1 amide bonds. The molecule has 6 heteroatoms. The Kier molecular flexibility index (Phi) is 4.94. The van der Waals surface area contributed by atoms with Crippen molar-refractivity contribution in [2.75, 3.05) is 32.1 Å². The minimum atomic E-state index is -2.92. The number of carbonyl (C=O) groups excluding carboxylic acids is 1. The maximum atomic E-state index is 10.8. The molecule has 0 rings (SSSR count). The number of amides is 1. The van der Waals surface area contributed by atoms with Gasteiger partial charge in [0.25, 0.3) is 0 Å². The Labute approximate surface area is 78.8 Å². The highest BCUT2D eigenvalue weighted by molar-refractivity contribution is 7.90. The number of rotatable bonds is 6. The summed E-state index contributed by atoms with van der Waals surface area (Å²) in [5.41, 5.74) is 4.94. The average Bonchev–Trinajstić information content (AvgIpc) is 1.95. The van der Waals surface area contributed by atoms with E-state index in [1.165, 1.54) is 6.26 Å². The monoisotopic (exact) mass is 208 g/mol. The lowest BCUT2D eigenvalue weighted by atomic mass is 10.4. The molecule has 0 spiro atoms. The Balaban J connectivity index is 3.64. The number of sulfone groups is 1. The van der Waals surface area contributed by atoms with Crippen LogP contribution in [0.5, 0.6) is 0 Å². The summed E-state index contributed by atoms with van der Waals surface area (Å²) in [6.45, 7) is 0.941. The molecule has 0 aliphatic heterocycles. The predicted octanol–water partition coefficient (Wildman–Crippen LogP) is -1.16. The molecule has 0 unspecified atom stereocenters. The smallest absolute Gasteiger partial charge is 0.218 e. The summed E-state index contributed by atoms with van der Waals surface area (Å²) in [5.74, 6) is -0.256. The highest BCUT2D eigenvalue weighted by Gasteiger charge is 2.05. The third-order valence-electron chi connectivity index (χ3n) is 1.58. The molecule has 0 heterocycles. The minimum absolute atomic E-state index is 0.113. The molecular formula is C7H16N2O3S. The predicted molar refractivity (Wildman–Crippen MR) is 51.0 cm³/mol. The van der Waals surface area contributed by atoms with Crippen LogP contribution >= 0.6 is 0 Å². The van der Waals surface area contributed by atoms with Crippen molar-refractivity contribution in [1.82, 2.24) is 4.90 Å². The molecule has 0 aliphatic rings. The van der Waals surface area contributed by atoms with E-state index in [1.54, 1.807) is 11.9 Å². The summed E-state index contributed by atoms with van der Waals surface area (Å²) in [6.07, 6.45) is 1.45. The maximum absolute atomic E-state index is 10.8. The number of primary amides is 1. The van der Waals surface area contributed by atoms with Gasteiger partial charge in [0.2, 0.25) is 5.91 Å². The van der Waals surface area contributed by atoms with Crippen LogP contribution in [-0.4, -0.2) is 51.4 Å². The first-order chi connectivity index (χ1) is 5.81. The van der Waals surface area contributed by atoms with Gasteiger partial charge in [-0.25, -0.2) is 8.42 Å². The molecule has 0 fully saturated rings. The first-order valence-corrected chi connectivity index (χ1v) is 6.02. The summed E-state index contributed by atoms with van der Waals surface area (Å²) < 4.78 is 21.5. The second-order valence-electron chi connectivity index (χ2n) is 3.15. The van der Waals surface area contributed by atoms with Crippen molar-refractivity contribution in [3.63, 3.8) is 0 Å². The second-order valence-corrected chi connectivity index (χ2v) is 5.41. The molecule has 0 aromatic heterocycles. The van der Waals surface area contributed by atoms with E-state index in [1.807, 2.05) is 0 Å². The highest BCUT2D eigenvalue weighted by Crippen LogP contribution is 1.89. The van der Waals surface area contributed by atoms with E-state index in [-0.39, 0.29) is 18.1 Å². The zero-order valence-electron chi connectivity index (χ0n) is 7.99. The van der Waals surface area contributed by atoms with Gasteiger partial charge in [-0.2, -0.15) is 0 Å². The topological polar surface area (TPSA) is 80.5 Å². The highest BCUT2D eigenvalue weighted by atomic mass is 32.2. The van der Waals surface area contributed by atoms with E-state index in [2.05, 4.69) is 0 Å². The molecule has 0 atom stereocenters. The number of carbonyl (C=O) groups is 1. The van der Waals surface area contributed by atoms with Gasteiger partial charge in [-0.15, -0.1) is 0 Å². The lowest BCUT2D eigenvalue weighted by Crippen LogP contribution is -2.28. The number of hydrogen-bond acceptors (Lipinski definition) is 4. The average molecular weight is 208 g/mol. The number of hydrogen-bond donors (Lipinski definition) is 1. The quantitative estimate of drug-likeness (QED) is 0.597. The first-order valence-electron chi connectivity index (χ1n) is 3.96. The SMILES string of the molecule is CN(CCC(N)=O)CCS(C)(=O)=O. The molecule has 0 aliphatic carbocycles. The van der Waals surface area contributed by atoms with Gasteiger partial charge in [-0.1, -0.05) is 0 Å². The number of nitrogens with two attached hydrogens (primary N) is 1. The molecule has 0 aromatic rings. The van der Waals surface area contributed by atoms with Crippen molar-refractivity contribution in [3.05, 3.63) is 0 Å². The zero-order chi connectivity index (χ0) is 10.5. The third kappa shape index (κ3) is 9.29. The molecule has 0 radical (unpaired) electrons. The van der Waals surface area contributed by atoms with E-state index in [4.69, 9.17) is 5.73 Å². The van der Waals surface area contributed by atoms with Crippen molar-refractivity contribution < 1.29 is 13.2 Å². The van der Waals surface area contributed by atoms with Crippen LogP contribution in [0.2, 0.25) is 0 Å². The Hall–Kier alpha value is -0.620. The summed E-state index contributed by atoms with van der Waals surface area (Å²) >= 11 is 0. The van der Waals surface area contributed by atoms with Crippen molar-refractivity contribution in [2.45, 2.75) is 6.42 Å². The maximum Gasteiger partial charge on any atom is 0.218 e. The summed E-state index contributed by atoms with van der Waals surface area (Å²) in [4.78, 5) is 12.2. The van der Waals surface area contributed by atoms with Gasteiger partial charge >= 0.3 is 0 Å². The van der Waals surface area contributed by atoms with Gasteiger partial charge in [0.1, 0.15) is 9.84 Å². The lowest BCUT2D eigenvalue weighted by molar-refractivity contribution is -0.118. The van der Waals surface area contributed by atoms with Crippen LogP contribution in [-0.2, 0) is 14.6 Å². The van der Waals surface area contributed by atoms with E-state index in [0.29, 0.717) is 13.1 Å². The molecule has 0 saturated carbocycles. The van der Waals surface area contributed by atoms with E-state index in [9.17, 15) is 13.2 Å². The molecule has 0 saturated heterocycles. The van der Waals surface area contributed by atoms with E-state index in [0.717, 1.165) is 0 Å². The van der Waals surface area contributed by atoms with Crippen molar-refractivity contribution in [3.8, 4) is 0 Å². The number of nitrogens with zero attached hydrogens (tertiary/aromatic N) is 1. The Morgan fingerprint density at radius 2 is 1.92 bits per heavy atom. The van der Waals surface area contributed by atoms with Crippen molar-refractivity contribution >= 4 is 15.7 Å². The van der Waals surface area contributed by atoms with Crippen molar-refractivity contribution in [2.24, 2.45) is 5.73 Å². The van der Waals surface area contributed by atoms with Crippen LogP contribution in [0.1, 0.15) is 6.42 Å². The first kappa shape index (κ1) is 12.4. The second kappa shape index (κ2) is 5.18. The molecule has 2 N–H and O–H groups in total. The van der Waals surface area contributed by atoms with Crippen molar-refractivity contribution in [1.29, 1.82) is 0 Å². The van der Waals surface area contributed by atoms with Crippen LogP contribution in [0.4, 0.5) is 0 Å². The molecule has 0 bridgehead atoms. The van der Waals surface area contributed by atoms with Gasteiger partial charge in [0.05, 0.1) is 5.75 Å². The Bertz CT molecular complexity index is 261. The minimum Gasteiger partial charge on any atom is -0.370 e. The Morgan fingerprint density at radius 1 is 1.38 bits per heavy atom. The summed E-state index contributed by atoms with van der Waals surface area (Å²) in [5, 5.41) is 0. The lowest BCUT2D eigenvalue weighted by Gasteiger charge is -2.14. The Morgan fingerprint density at radius 3 is 2.31 bits per heavy atom. The third-order valence-corrected chi connectivity index (χ3v) is 2.51. The summed E-state index contributed by atoms with van der Waals surface area (Å²) in [6, 6.07) is 0. The van der Waals surface area contributed by atoms with Crippen LogP contribution in [0.3, 0.4) is 0 Å². The fourth-order valence-electron chi connectivity index (χ4n) is 0.735. The molecular weight excluding hydrogens is 192 g/mol. The van der Waals surface area contributed by atoms with Crippen LogP contribution in [0.15, 0.2) is 0 Å². The van der Waals surface area contributed by atoms with Gasteiger partial charge in [-0.05, 0) is 7.05 Å². The molecule has 0 aromatic carbocycles. The van der Waals surface area contributed by atoms with Gasteiger partial charge in [-0.3, -0.25) is 4.79 Å². The zero-order valence-corrected chi connectivity index (χ0v) is 8.80. The van der Waals surface area contributed by atoms with E-state index >= 15 is 0 Å². The summed E-state index contributed by atoms with van der Waals surface area (Å²) in [7, 11) is -1.16. The molecule has 13 heavy (non-hydrogen) atoms. The van der Waals surface area contributed by atoms with Gasteiger partial charge in [0, 0.05) is 25.8 Å². The van der Waals surface area contributed by atoms with Crippen LogP contribution in [0.25, 0.3) is 0 Å². The van der Waals surface area contributed by atoms with E-state index < -0.39 is 9.84 Å². The fraction of sp³-hybridized carbons (Fsp3) is 0.857. The fourth-order valence-corrected chi connectivity index (χ4v) is 1.38. The largest absolute Gasteiger partial charge is 0.370 e. The molecule has 5 nitrogen and oxygen atoms in total. The van der Waals surface area contributed by atoms with Crippen LogP contribution in [0, 0.1) is 0 Å². The molecule has 78 valence electrons. The van der Waals surface area contributed by atoms with Gasteiger partial charge < -0.3 is 10.6 Å². The standard InChI is InChI=1S/C7H16N2O3S/c1-9(4-3-7(8)10)5-6-13(2,11)12/h3-6H2,1-2H3,(H2,8,10).